The minimum Gasteiger partial charge on any atom is -0.349 e. The smallest absolute Gasteiger partial charge is 0.256 e. The lowest BCUT2D eigenvalue weighted by atomic mass is 9.95. The highest BCUT2D eigenvalue weighted by Gasteiger charge is 2.31. The van der Waals surface area contributed by atoms with Crippen molar-refractivity contribution in [3.8, 4) is 0 Å². The van der Waals surface area contributed by atoms with Crippen LogP contribution in [0.1, 0.15) is 60.5 Å². The topological polar surface area (TPSA) is 62.5 Å². The zero-order valence-corrected chi connectivity index (χ0v) is 15.9. The zero-order chi connectivity index (χ0) is 18.9. The molecule has 2 aromatic heterocycles. The largest absolute Gasteiger partial charge is 0.349 e. The number of carbonyl (C=O) groups excluding carboxylic acids is 1. The standard InChI is InChI=1S/C22H25N5O/c28-22(24-17-9-5-2-6-10-17)18-15-23-27-14-12-20(25-21(18)27)26-13-11-19(26)16-7-3-1-4-8-16/h1,3-4,7-8,12,14-15,17,19H,2,5-6,9-11,13H2,(H,24,28). The molecular formula is C22H25N5O. The number of hydrogen-bond acceptors (Lipinski definition) is 4. The molecular weight excluding hydrogens is 350 g/mol. The van der Waals surface area contributed by atoms with Gasteiger partial charge in [0, 0.05) is 18.8 Å². The fourth-order valence-corrected chi connectivity index (χ4v) is 4.37. The first-order chi connectivity index (χ1) is 13.8. The number of benzene rings is 1. The summed E-state index contributed by atoms with van der Waals surface area (Å²) in [5.41, 5.74) is 2.49. The van der Waals surface area contributed by atoms with E-state index in [1.54, 1.807) is 10.7 Å². The van der Waals surface area contributed by atoms with E-state index in [1.165, 1.54) is 24.8 Å². The van der Waals surface area contributed by atoms with Gasteiger partial charge >= 0.3 is 0 Å². The number of aromatic nitrogens is 3. The Bertz CT molecular complexity index is 977. The molecule has 1 unspecified atom stereocenters. The fourth-order valence-electron chi connectivity index (χ4n) is 4.37. The van der Waals surface area contributed by atoms with Gasteiger partial charge in [0.25, 0.3) is 5.91 Å². The number of rotatable bonds is 4. The summed E-state index contributed by atoms with van der Waals surface area (Å²) in [6, 6.07) is 13.1. The zero-order valence-electron chi connectivity index (χ0n) is 15.9. The van der Waals surface area contributed by atoms with E-state index < -0.39 is 0 Å². The molecule has 2 aliphatic rings. The van der Waals surface area contributed by atoms with Crippen LogP contribution in [-0.2, 0) is 0 Å². The van der Waals surface area contributed by atoms with E-state index in [9.17, 15) is 4.79 Å². The molecule has 0 radical (unpaired) electrons. The third-order valence-corrected chi connectivity index (χ3v) is 6.04. The van der Waals surface area contributed by atoms with Gasteiger partial charge in [-0.1, -0.05) is 49.6 Å². The fraction of sp³-hybridized carbons (Fsp3) is 0.409. The van der Waals surface area contributed by atoms with Crippen LogP contribution in [0.4, 0.5) is 5.82 Å². The molecule has 1 aromatic carbocycles. The minimum atomic E-state index is -0.0604. The van der Waals surface area contributed by atoms with Gasteiger partial charge in [-0.3, -0.25) is 4.79 Å². The van der Waals surface area contributed by atoms with Crippen molar-refractivity contribution in [1.82, 2.24) is 19.9 Å². The van der Waals surface area contributed by atoms with Crippen LogP contribution in [0.15, 0.2) is 48.8 Å². The van der Waals surface area contributed by atoms with E-state index in [2.05, 4.69) is 39.6 Å². The van der Waals surface area contributed by atoms with Gasteiger partial charge in [-0.15, -0.1) is 0 Å². The molecule has 6 nitrogen and oxygen atoms in total. The van der Waals surface area contributed by atoms with Crippen LogP contribution in [0, 0.1) is 0 Å². The van der Waals surface area contributed by atoms with Gasteiger partial charge in [-0.25, -0.2) is 9.50 Å². The van der Waals surface area contributed by atoms with E-state index in [-0.39, 0.29) is 11.9 Å². The SMILES string of the molecule is O=C(NC1CCCCC1)c1cnn2ccc(N3CCC3c3ccccc3)nc12. The highest BCUT2D eigenvalue weighted by molar-refractivity contribution is 5.99. The Kier molecular flexibility index (Phi) is 4.47. The summed E-state index contributed by atoms with van der Waals surface area (Å²) >= 11 is 0. The monoisotopic (exact) mass is 375 g/mol. The molecule has 5 rings (SSSR count). The highest BCUT2D eigenvalue weighted by atomic mass is 16.1. The van der Waals surface area contributed by atoms with Crippen LogP contribution in [0.25, 0.3) is 5.65 Å². The van der Waals surface area contributed by atoms with Gasteiger partial charge in [0.1, 0.15) is 11.4 Å². The molecule has 1 aliphatic heterocycles. The second-order valence-corrected chi connectivity index (χ2v) is 7.83. The van der Waals surface area contributed by atoms with Crippen molar-refractivity contribution in [2.45, 2.75) is 50.6 Å². The summed E-state index contributed by atoms with van der Waals surface area (Å²) in [6.07, 6.45) is 10.4. The number of nitrogens with zero attached hydrogens (tertiary/aromatic N) is 4. The molecule has 144 valence electrons. The van der Waals surface area contributed by atoms with Crippen LogP contribution in [-0.4, -0.2) is 33.1 Å². The molecule has 1 atom stereocenters. The second-order valence-electron chi connectivity index (χ2n) is 7.83. The quantitative estimate of drug-likeness (QED) is 0.754. The Morgan fingerprint density at radius 3 is 2.61 bits per heavy atom. The van der Waals surface area contributed by atoms with Gasteiger partial charge < -0.3 is 10.2 Å². The van der Waals surface area contributed by atoms with Crippen molar-refractivity contribution in [2.75, 3.05) is 11.4 Å². The average molecular weight is 375 g/mol. The lowest BCUT2D eigenvalue weighted by Crippen LogP contribution is -2.41. The molecule has 3 heterocycles. The molecule has 0 spiro atoms. The molecule has 1 aliphatic carbocycles. The van der Waals surface area contributed by atoms with Gasteiger partial charge in [-0.2, -0.15) is 5.10 Å². The average Bonchev–Trinajstić information content (AvgIpc) is 3.12. The summed E-state index contributed by atoms with van der Waals surface area (Å²) in [5, 5.41) is 7.51. The van der Waals surface area contributed by atoms with E-state index in [4.69, 9.17) is 4.98 Å². The van der Waals surface area contributed by atoms with E-state index in [0.29, 0.717) is 17.3 Å². The Balaban J connectivity index is 1.40. The number of fused-ring (bicyclic) bond motifs is 1. The number of nitrogens with one attached hydrogen (secondary N) is 1. The lowest BCUT2D eigenvalue weighted by molar-refractivity contribution is 0.0929. The maximum atomic E-state index is 12.8. The minimum absolute atomic E-state index is 0.0604. The van der Waals surface area contributed by atoms with Crippen molar-refractivity contribution in [3.63, 3.8) is 0 Å². The Morgan fingerprint density at radius 1 is 1.04 bits per heavy atom. The van der Waals surface area contributed by atoms with Gasteiger partial charge in [0.15, 0.2) is 5.65 Å². The van der Waals surface area contributed by atoms with Crippen LogP contribution in [0.2, 0.25) is 0 Å². The first-order valence-electron chi connectivity index (χ1n) is 10.3. The summed E-state index contributed by atoms with van der Waals surface area (Å²) < 4.78 is 1.69. The van der Waals surface area contributed by atoms with Crippen molar-refractivity contribution < 1.29 is 4.79 Å². The van der Waals surface area contributed by atoms with E-state index in [1.807, 2.05) is 18.3 Å². The maximum Gasteiger partial charge on any atom is 0.256 e. The molecule has 3 aromatic rings. The van der Waals surface area contributed by atoms with Crippen molar-refractivity contribution in [1.29, 1.82) is 0 Å². The van der Waals surface area contributed by atoms with Gasteiger partial charge in [0.2, 0.25) is 0 Å². The molecule has 1 saturated heterocycles. The van der Waals surface area contributed by atoms with E-state index in [0.717, 1.165) is 31.6 Å². The van der Waals surface area contributed by atoms with Crippen molar-refractivity contribution >= 4 is 17.4 Å². The third kappa shape index (κ3) is 3.13. The summed E-state index contributed by atoms with van der Waals surface area (Å²) in [6.45, 7) is 0.973. The second kappa shape index (κ2) is 7.26. The number of hydrogen-bond donors (Lipinski definition) is 1. The summed E-state index contributed by atoms with van der Waals surface area (Å²) in [7, 11) is 0. The first-order valence-corrected chi connectivity index (χ1v) is 10.3. The molecule has 6 heteroatoms. The summed E-state index contributed by atoms with van der Waals surface area (Å²) in [5.74, 6) is 0.842. The molecule has 1 amide bonds. The molecule has 0 bridgehead atoms. The highest BCUT2D eigenvalue weighted by Crippen LogP contribution is 2.36. The van der Waals surface area contributed by atoms with E-state index >= 15 is 0 Å². The van der Waals surface area contributed by atoms with Crippen LogP contribution in [0.3, 0.4) is 0 Å². The predicted molar refractivity (Wildman–Crippen MR) is 108 cm³/mol. The molecule has 1 saturated carbocycles. The van der Waals surface area contributed by atoms with Crippen molar-refractivity contribution in [2.24, 2.45) is 0 Å². The normalized spacial score (nSPS) is 20.1. The number of anilines is 1. The Morgan fingerprint density at radius 2 is 1.86 bits per heavy atom. The van der Waals surface area contributed by atoms with Gasteiger partial charge in [-0.05, 0) is 30.9 Å². The maximum absolute atomic E-state index is 12.8. The third-order valence-electron chi connectivity index (χ3n) is 6.04. The summed E-state index contributed by atoms with van der Waals surface area (Å²) in [4.78, 5) is 19.9. The predicted octanol–water partition coefficient (Wildman–Crippen LogP) is 3.74. The Hall–Kier alpha value is -2.89. The van der Waals surface area contributed by atoms with Crippen LogP contribution in [0.5, 0.6) is 0 Å². The van der Waals surface area contributed by atoms with Crippen LogP contribution >= 0.6 is 0 Å². The number of carbonyl (C=O) groups is 1. The van der Waals surface area contributed by atoms with Gasteiger partial charge in [0.05, 0.1) is 12.2 Å². The lowest BCUT2D eigenvalue weighted by Gasteiger charge is -2.42. The van der Waals surface area contributed by atoms with Crippen LogP contribution < -0.4 is 10.2 Å². The Labute approximate surface area is 164 Å². The number of amides is 1. The van der Waals surface area contributed by atoms with Crippen molar-refractivity contribution in [3.05, 3.63) is 59.9 Å². The first kappa shape index (κ1) is 17.2. The molecule has 28 heavy (non-hydrogen) atoms. The molecule has 2 fully saturated rings. The molecule has 1 N–H and O–H groups in total.